The molecule has 1 aromatic carbocycles. The van der Waals surface area contributed by atoms with E-state index >= 15 is 0 Å². The van der Waals surface area contributed by atoms with E-state index in [4.69, 9.17) is 0 Å². The number of hydrogen-bond donors (Lipinski definition) is 2. The van der Waals surface area contributed by atoms with Gasteiger partial charge in [0.15, 0.2) is 0 Å². The maximum atomic E-state index is 12.3. The standard InChI is InChI=1S/C14H22BrN3O2S/c1-12-3-4-13(15)11-14(12)21(19,20)17-5-2-8-18-9-6-16-7-10-18/h3-4,11,16-17H,2,5-10H2,1H3. The van der Waals surface area contributed by atoms with E-state index < -0.39 is 10.0 Å². The van der Waals surface area contributed by atoms with Gasteiger partial charge < -0.3 is 10.2 Å². The van der Waals surface area contributed by atoms with E-state index in [0.717, 1.165) is 49.2 Å². The van der Waals surface area contributed by atoms with Crippen molar-refractivity contribution in [3.8, 4) is 0 Å². The zero-order valence-corrected chi connectivity index (χ0v) is 14.6. The second kappa shape index (κ2) is 7.69. The number of sulfonamides is 1. The summed E-state index contributed by atoms with van der Waals surface area (Å²) < 4.78 is 28.1. The van der Waals surface area contributed by atoms with E-state index in [1.165, 1.54) is 0 Å². The maximum Gasteiger partial charge on any atom is 0.240 e. The molecule has 0 aliphatic carbocycles. The number of benzene rings is 1. The van der Waals surface area contributed by atoms with Gasteiger partial charge in [0.05, 0.1) is 4.90 Å². The van der Waals surface area contributed by atoms with Gasteiger partial charge in [0.1, 0.15) is 0 Å². The monoisotopic (exact) mass is 375 g/mol. The van der Waals surface area contributed by atoms with Gasteiger partial charge in [0, 0.05) is 37.2 Å². The van der Waals surface area contributed by atoms with Gasteiger partial charge in [-0.15, -0.1) is 0 Å². The lowest BCUT2D eigenvalue weighted by Gasteiger charge is -2.27. The molecule has 2 rings (SSSR count). The largest absolute Gasteiger partial charge is 0.314 e. The first-order valence-corrected chi connectivity index (χ1v) is 9.45. The van der Waals surface area contributed by atoms with Crippen LogP contribution in [0.1, 0.15) is 12.0 Å². The van der Waals surface area contributed by atoms with Crippen LogP contribution in [0.3, 0.4) is 0 Å². The third-order valence-corrected chi connectivity index (χ3v) is 5.69. The summed E-state index contributed by atoms with van der Waals surface area (Å²) in [6.07, 6.45) is 0.826. The molecule has 7 heteroatoms. The molecule has 0 atom stereocenters. The van der Waals surface area contributed by atoms with Gasteiger partial charge in [0.25, 0.3) is 0 Å². The summed E-state index contributed by atoms with van der Waals surface area (Å²) in [6, 6.07) is 5.30. The maximum absolute atomic E-state index is 12.3. The summed E-state index contributed by atoms with van der Waals surface area (Å²) in [6.45, 7) is 7.32. The lowest BCUT2D eigenvalue weighted by Crippen LogP contribution is -2.44. The number of aryl methyl sites for hydroxylation is 1. The van der Waals surface area contributed by atoms with Crippen molar-refractivity contribution >= 4 is 26.0 Å². The average Bonchev–Trinajstić information content (AvgIpc) is 2.47. The molecule has 1 aliphatic heterocycles. The average molecular weight is 376 g/mol. The summed E-state index contributed by atoms with van der Waals surface area (Å²) in [4.78, 5) is 2.70. The molecule has 1 saturated heterocycles. The fraction of sp³-hybridized carbons (Fsp3) is 0.571. The minimum Gasteiger partial charge on any atom is -0.314 e. The van der Waals surface area contributed by atoms with Crippen LogP contribution in [0.5, 0.6) is 0 Å². The van der Waals surface area contributed by atoms with E-state index in [1.54, 1.807) is 12.1 Å². The van der Waals surface area contributed by atoms with Crippen molar-refractivity contribution in [2.24, 2.45) is 0 Å². The molecule has 0 amide bonds. The topological polar surface area (TPSA) is 61.4 Å². The first kappa shape index (κ1) is 16.9. The summed E-state index contributed by atoms with van der Waals surface area (Å²) in [5, 5.41) is 3.30. The summed E-state index contributed by atoms with van der Waals surface area (Å²) in [7, 11) is -3.43. The molecule has 0 spiro atoms. The molecule has 1 fully saturated rings. The van der Waals surface area contributed by atoms with Crippen LogP contribution < -0.4 is 10.0 Å². The van der Waals surface area contributed by atoms with Crippen LogP contribution in [-0.2, 0) is 10.0 Å². The molecule has 1 aromatic rings. The van der Waals surface area contributed by atoms with Crippen LogP contribution in [0, 0.1) is 6.92 Å². The minimum atomic E-state index is -3.43. The fourth-order valence-corrected chi connectivity index (χ4v) is 4.24. The van der Waals surface area contributed by atoms with Crippen molar-refractivity contribution in [3.05, 3.63) is 28.2 Å². The van der Waals surface area contributed by atoms with Gasteiger partial charge in [-0.1, -0.05) is 22.0 Å². The van der Waals surface area contributed by atoms with E-state index in [1.807, 2.05) is 13.0 Å². The highest BCUT2D eigenvalue weighted by molar-refractivity contribution is 9.10. The zero-order valence-electron chi connectivity index (χ0n) is 12.2. The molecule has 21 heavy (non-hydrogen) atoms. The highest BCUT2D eigenvalue weighted by Gasteiger charge is 2.17. The Labute approximate surface area is 135 Å². The SMILES string of the molecule is Cc1ccc(Br)cc1S(=O)(=O)NCCCN1CCNCC1. The molecule has 118 valence electrons. The van der Waals surface area contributed by atoms with Gasteiger partial charge in [-0.3, -0.25) is 0 Å². The number of nitrogens with zero attached hydrogens (tertiary/aromatic N) is 1. The van der Waals surface area contributed by atoms with Crippen molar-refractivity contribution in [1.29, 1.82) is 0 Å². The molecule has 0 unspecified atom stereocenters. The normalized spacial score (nSPS) is 17.0. The molecule has 0 radical (unpaired) electrons. The lowest BCUT2D eigenvalue weighted by molar-refractivity contribution is 0.239. The van der Waals surface area contributed by atoms with Crippen molar-refractivity contribution in [2.75, 3.05) is 39.3 Å². The molecule has 0 saturated carbocycles. The summed E-state index contributed by atoms with van der Waals surface area (Å²) in [5.74, 6) is 0. The molecule has 0 aromatic heterocycles. The van der Waals surface area contributed by atoms with Crippen molar-refractivity contribution in [2.45, 2.75) is 18.2 Å². The summed E-state index contributed by atoms with van der Waals surface area (Å²) in [5.41, 5.74) is 0.757. The second-order valence-electron chi connectivity index (χ2n) is 5.25. The van der Waals surface area contributed by atoms with Crippen molar-refractivity contribution < 1.29 is 8.42 Å². The molecule has 1 aliphatic rings. The Bertz CT molecular complexity index is 572. The van der Waals surface area contributed by atoms with Crippen LogP contribution in [0.15, 0.2) is 27.6 Å². The van der Waals surface area contributed by atoms with E-state index in [2.05, 4.69) is 30.9 Å². The Morgan fingerprint density at radius 2 is 2.05 bits per heavy atom. The first-order valence-electron chi connectivity index (χ1n) is 7.18. The first-order chi connectivity index (χ1) is 9.99. The molecular formula is C14H22BrN3O2S. The van der Waals surface area contributed by atoms with Crippen LogP contribution in [0.25, 0.3) is 0 Å². The Balaban J connectivity index is 1.85. The van der Waals surface area contributed by atoms with Crippen LogP contribution >= 0.6 is 15.9 Å². The lowest BCUT2D eigenvalue weighted by atomic mass is 10.2. The second-order valence-corrected chi connectivity index (χ2v) is 7.90. The molecule has 5 nitrogen and oxygen atoms in total. The van der Waals surface area contributed by atoms with E-state index in [0.29, 0.717) is 11.4 Å². The Hall–Kier alpha value is -0.470. The van der Waals surface area contributed by atoms with Crippen LogP contribution in [0.2, 0.25) is 0 Å². The van der Waals surface area contributed by atoms with Crippen molar-refractivity contribution in [1.82, 2.24) is 14.9 Å². The highest BCUT2D eigenvalue weighted by Crippen LogP contribution is 2.20. The molecule has 1 heterocycles. The van der Waals surface area contributed by atoms with E-state index in [9.17, 15) is 8.42 Å². The van der Waals surface area contributed by atoms with Gasteiger partial charge in [-0.05, 0) is 37.6 Å². The fourth-order valence-electron chi connectivity index (χ4n) is 2.39. The molecule has 2 N–H and O–H groups in total. The number of halogens is 1. The van der Waals surface area contributed by atoms with Gasteiger partial charge in [0.2, 0.25) is 10.0 Å². The van der Waals surface area contributed by atoms with Gasteiger partial charge in [-0.25, -0.2) is 13.1 Å². The van der Waals surface area contributed by atoms with Crippen molar-refractivity contribution in [3.63, 3.8) is 0 Å². The number of nitrogens with one attached hydrogen (secondary N) is 2. The Morgan fingerprint density at radius 1 is 1.33 bits per heavy atom. The predicted octanol–water partition coefficient (Wildman–Crippen LogP) is 1.33. The predicted molar refractivity (Wildman–Crippen MR) is 88.0 cm³/mol. The Morgan fingerprint density at radius 3 is 2.76 bits per heavy atom. The smallest absolute Gasteiger partial charge is 0.240 e. The van der Waals surface area contributed by atoms with Gasteiger partial charge >= 0.3 is 0 Å². The van der Waals surface area contributed by atoms with Gasteiger partial charge in [-0.2, -0.15) is 0 Å². The minimum absolute atomic E-state index is 0.346. The highest BCUT2D eigenvalue weighted by atomic mass is 79.9. The quantitative estimate of drug-likeness (QED) is 0.736. The third-order valence-electron chi connectivity index (χ3n) is 3.59. The number of hydrogen-bond acceptors (Lipinski definition) is 4. The molecule has 0 bridgehead atoms. The summed E-state index contributed by atoms with van der Waals surface area (Å²) >= 11 is 3.32. The van der Waals surface area contributed by atoms with Crippen LogP contribution in [0.4, 0.5) is 0 Å². The number of rotatable bonds is 6. The third kappa shape index (κ3) is 5.03. The molecular weight excluding hydrogens is 354 g/mol. The number of piperazine rings is 1. The zero-order chi connectivity index (χ0) is 15.3. The van der Waals surface area contributed by atoms with E-state index in [-0.39, 0.29) is 0 Å². The Kier molecular flexibility index (Phi) is 6.19. The van der Waals surface area contributed by atoms with Crippen LogP contribution in [-0.4, -0.2) is 52.6 Å².